The van der Waals surface area contributed by atoms with E-state index in [0.717, 1.165) is 16.5 Å². The van der Waals surface area contributed by atoms with Gasteiger partial charge in [-0.3, -0.25) is 0 Å². The molecule has 56 valence electrons. The quantitative estimate of drug-likeness (QED) is 0.654. The van der Waals surface area contributed by atoms with Crippen LogP contribution in [0.1, 0.15) is 12.5 Å². The Labute approximate surface area is 74.0 Å². The van der Waals surface area contributed by atoms with Crippen LogP contribution in [0.3, 0.4) is 0 Å². The largest absolute Gasteiger partial charge is 0.388 e. The fraction of sp³-hybridized carbons (Fsp3) is 0.250. The summed E-state index contributed by atoms with van der Waals surface area (Å²) >= 11 is 3.34. The number of nitrogens with zero attached hydrogens (tertiary/aromatic N) is 2. The summed E-state index contributed by atoms with van der Waals surface area (Å²) in [5, 5.41) is 8.55. The lowest BCUT2D eigenvalue weighted by Crippen LogP contribution is -1.79. The molecule has 3 heteroatoms. The molecule has 11 heavy (non-hydrogen) atoms. The van der Waals surface area contributed by atoms with Crippen molar-refractivity contribution >= 4 is 21.6 Å². The maximum absolute atomic E-state index is 8.55. The highest BCUT2D eigenvalue weighted by Crippen LogP contribution is 2.23. The molecule has 1 aromatic rings. The minimum absolute atomic E-state index is 0.649. The van der Waals surface area contributed by atoms with Crippen LogP contribution in [0, 0.1) is 5.39 Å². The van der Waals surface area contributed by atoms with E-state index < -0.39 is 0 Å². The van der Waals surface area contributed by atoms with Crippen molar-refractivity contribution in [1.29, 1.82) is 5.39 Å². The molecule has 0 radical (unpaired) electrons. The zero-order valence-corrected chi connectivity index (χ0v) is 7.80. The Morgan fingerprint density at radius 1 is 1.55 bits per heavy atom. The van der Waals surface area contributed by atoms with Crippen LogP contribution in [0.4, 0.5) is 5.69 Å². The minimum atomic E-state index is 0.649. The summed E-state index contributed by atoms with van der Waals surface area (Å²) in [5.74, 6) is 0. The Kier molecular flexibility index (Phi) is 2.61. The van der Waals surface area contributed by atoms with Crippen LogP contribution in [-0.4, -0.2) is 0 Å². The third kappa shape index (κ3) is 1.78. The van der Waals surface area contributed by atoms with Crippen LogP contribution in [0.15, 0.2) is 22.7 Å². The number of hydrogen-bond acceptors (Lipinski definition) is 1. The van der Waals surface area contributed by atoms with Gasteiger partial charge in [0.15, 0.2) is 4.98 Å². The molecule has 0 aliphatic carbocycles. The van der Waals surface area contributed by atoms with Gasteiger partial charge in [-0.25, -0.2) is 0 Å². The van der Waals surface area contributed by atoms with Crippen molar-refractivity contribution in [3.05, 3.63) is 33.2 Å². The molecule has 0 aromatic heterocycles. The van der Waals surface area contributed by atoms with Gasteiger partial charge in [0.25, 0.3) is 0 Å². The zero-order valence-electron chi connectivity index (χ0n) is 6.21. The normalized spacial score (nSPS) is 9.18. The lowest BCUT2D eigenvalue weighted by Gasteiger charge is -1.91. The van der Waals surface area contributed by atoms with Crippen LogP contribution in [-0.2, 0) is 6.42 Å². The second-order valence-corrected chi connectivity index (χ2v) is 3.14. The average Bonchev–Trinajstić information content (AvgIpc) is 2.04. The molecule has 1 rings (SSSR count). The summed E-state index contributed by atoms with van der Waals surface area (Å²) in [6, 6.07) is 5.59. The SMILES string of the molecule is CCc1cc(Br)ccc1[N+]#N. The number of benzene rings is 1. The fourth-order valence-corrected chi connectivity index (χ4v) is 1.34. The highest BCUT2D eigenvalue weighted by molar-refractivity contribution is 9.10. The van der Waals surface area contributed by atoms with Crippen LogP contribution in [0.5, 0.6) is 0 Å². The zero-order chi connectivity index (χ0) is 8.27. The molecule has 0 N–H and O–H groups in total. The second-order valence-electron chi connectivity index (χ2n) is 2.23. The van der Waals surface area contributed by atoms with E-state index in [4.69, 9.17) is 5.39 Å². The van der Waals surface area contributed by atoms with Crippen LogP contribution < -0.4 is 0 Å². The Morgan fingerprint density at radius 2 is 2.27 bits per heavy atom. The van der Waals surface area contributed by atoms with Crippen LogP contribution in [0.2, 0.25) is 0 Å². The van der Waals surface area contributed by atoms with Crippen LogP contribution >= 0.6 is 15.9 Å². The maximum atomic E-state index is 8.55. The third-order valence-electron chi connectivity index (χ3n) is 1.53. The molecule has 0 spiro atoms. The summed E-state index contributed by atoms with van der Waals surface area (Å²) < 4.78 is 1.02. The summed E-state index contributed by atoms with van der Waals surface area (Å²) in [5.41, 5.74) is 1.69. The lowest BCUT2D eigenvalue weighted by molar-refractivity contribution is 1.14. The average molecular weight is 212 g/mol. The van der Waals surface area contributed by atoms with Gasteiger partial charge in [0, 0.05) is 16.1 Å². The molecular formula is C8H8BrN2+. The lowest BCUT2D eigenvalue weighted by atomic mass is 10.1. The van der Waals surface area contributed by atoms with Crippen molar-refractivity contribution < 1.29 is 0 Å². The molecule has 0 atom stereocenters. The van der Waals surface area contributed by atoms with Crippen molar-refractivity contribution in [3.63, 3.8) is 0 Å². The maximum Gasteiger partial charge on any atom is 0.388 e. The molecule has 1 aromatic carbocycles. The van der Waals surface area contributed by atoms with E-state index in [1.807, 2.05) is 19.1 Å². The number of aryl methyl sites for hydroxylation is 1. The molecule has 0 fully saturated rings. The van der Waals surface area contributed by atoms with Gasteiger partial charge in [0.05, 0.1) is 0 Å². The van der Waals surface area contributed by atoms with Crippen molar-refractivity contribution in [3.8, 4) is 0 Å². The summed E-state index contributed by atoms with van der Waals surface area (Å²) in [7, 11) is 0. The van der Waals surface area contributed by atoms with Gasteiger partial charge in [-0.1, -0.05) is 22.9 Å². The predicted molar refractivity (Wildman–Crippen MR) is 48.3 cm³/mol. The minimum Gasteiger partial charge on any atom is -0.0610 e. The van der Waals surface area contributed by atoms with Gasteiger partial charge < -0.3 is 0 Å². The monoisotopic (exact) mass is 211 g/mol. The van der Waals surface area contributed by atoms with E-state index in [2.05, 4.69) is 20.9 Å². The van der Waals surface area contributed by atoms with Crippen molar-refractivity contribution in [1.82, 2.24) is 0 Å². The van der Waals surface area contributed by atoms with Gasteiger partial charge in [0.1, 0.15) is 0 Å². The topological polar surface area (TPSA) is 28.1 Å². The number of hydrogen-bond donors (Lipinski definition) is 0. The fourth-order valence-electron chi connectivity index (χ4n) is 0.935. The first-order valence-electron chi connectivity index (χ1n) is 3.41. The van der Waals surface area contributed by atoms with Crippen molar-refractivity contribution in [2.75, 3.05) is 0 Å². The second kappa shape index (κ2) is 3.49. The molecule has 0 unspecified atom stereocenters. The Hall–Kier alpha value is -0.880. The van der Waals surface area contributed by atoms with Gasteiger partial charge in [-0.05, 0) is 18.6 Å². The van der Waals surface area contributed by atoms with Gasteiger partial charge in [-0.2, -0.15) is 0 Å². The summed E-state index contributed by atoms with van der Waals surface area (Å²) in [4.78, 5) is 3.16. The van der Waals surface area contributed by atoms with Crippen molar-refractivity contribution in [2.24, 2.45) is 0 Å². The Morgan fingerprint density at radius 3 is 2.82 bits per heavy atom. The number of rotatable bonds is 1. The summed E-state index contributed by atoms with van der Waals surface area (Å²) in [6.07, 6.45) is 0.874. The van der Waals surface area contributed by atoms with E-state index in [9.17, 15) is 0 Å². The van der Waals surface area contributed by atoms with Crippen LogP contribution in [0.25, 0.3) is 4.98 Å². The molecule has 0 aliphatic heterocycles. The standard InChI is InChI=1S/C8H8BrN2/c1-2-6-5-7(9)3-4-8(6)11-10/h3-5H,2H2,1H3/q+1. The van der Waals surface area contributed by atoms with E-state index in [1.165, 1.54) is 0 Å². The van der Waals surface area contributed by atoms with Gasteiger partial charge >= 0.3 is 5.69 Å². The van der Waals surface area contributed by atoms with Gasteiger partial charge in [0.2, 0.25) is 5.39 Å². The summed E-state index contributed by atoms with van der Waals surface area (Å²) in [6.45, 7) is 2.02. The van der Waals surface area contributed by atoms with Crippen molar-refractivity contribution in [2.45, 2.75) is 13.3 Å². The molecule has 0 bridgehead atoms. The smallest absolute Gasteiger partial charge is 0.0610 e. The predicted octanol–water partition coefficient (Wildman–Crippen LogP) is 3.50. The molecule has 0 saturated carbocycles. The van der Waals surface area contributed by atoms with E-state index in [1.54, 1.807) is 6.07 Å². The van der Waals surface area contributed by atoms with E-state index >= 15 is 0 Å². The number of halogens is 1. The molecular weight excluding hydrogens is 204 g/mol. The molecule has 0 saturated heterocycles. The van der Waals surface area contributed by atoms with E-state index in [0.29, 0.717) is 5.69 Å². The highest BCUT2D eigenvalue weighted by Gasteiger charge is 2.10. The molecule has 0 aliphatic rings. The highest BCUT2D eigenvalue weighted by atomic mass is 79.9. The molecule has 0 amide bonds. The first-order chi connectivity index (χ1) is 5.27. The first-order valence-corrected chi connectivity index (χ1v) is 4.20. The third-order valence-corrected chi connectivity index (χ3v) is 2.02. The van der Waals surface area contributed by atoms with Gasteiger partial charge in [-0.15, -0.1) is 0 Å². The molecule has 0 heterocycles. The number of diazo groups is 1. The first kappa shape index (κ1) is 8.22. The Bertz CT molecular complexity index is 301. The Balaban J connectivity index is 3.19. The molecule has 2 nitrogen and oxygen atoms in total. The van der Waals surface area contributed by atoms with E-state index in [-0.39, 0.29) is 0 Å².